The maximum absolute atomic E-state index is 5.48. The van der Waals surface area contributed by atoms with Gasteiger partial charge < -0.3 is 9.73 Å². The fourth-order valence-corrected chi connectivity index (χ4v) is 2.64. The summed E-state index contributed by atoms with van der Waals surface area (Å²) >= 11 is 0. The number of hydrogen-bond donors (Lipinski definition) is 1. The summed E-state index contributed by atoms with van der Waals surface area (Å²) in [6.07, 6.45) is 10.9. The lowest BCUT2D eigenvalue weighted by molar-refractivity contribution is 0.561. The molecule has 0 atom stereocenters. The summed E-state index contributed by atoms with van der Waals surface area (Å²) < 4.78 is 5.48. The van der Waals surface area contributed by atoms with Gasteiger partial charge in [-0.2, -0.15) is 0 Å². The fourth-order valence-electron chi connectivity index (χ4n) is 2.64. The number of aromatic nitrogens is 1. The van der Waals surface area contributed by atoms with Gasteiger partial charge in [-0.3, -0.25) is 0 Å². The van der Waals surface area contributed by atoms with Gasteiger partial charge in [0.05, 0.1) is 0 Å². The maximum atomic E-state index is 5.48. The smallest absolute Gasteiger partial charge is 0.192 e. The summed E-state index contributed by atoms with van der Waals surface area (Å²) in [5.41, 5.74) is 2.94. The Labute approximate surface area is 128 Å². The van der Waals surface area contributed by atoms with Crippen LogP contribution in [-0.2, 0) is 0 Å². The minimum absolute atomic E-state index is 0.727. The molecule has 0 unspecified atom stereocenters. The van der Waals surface area contributed by atoms with Crippen LogP contribution in [0.5, 0.6) is 0 Å². The van der Waals surface area contributed by atoms with Crippen LogP contribution < -0.4 is 5.32 Å². The first-order valence-corrected chi connectivity index (χ1v) is 8.40. The lowest BCUT2D eigenvalue weighted by Crippen LogP contribution is -2.01. The molecule has 2 rings (SSSR count). The number of oxazole rings is 1. The fraction of sp³-hybridized carbons (Fsp3) is 0.611. The van der Waals surface area contributed by atoms with Crippen molar-refractivity contribution in [2.45, 2.75) is 65.2 Å². The lowest BCUT2D eigenvalue weighted by Gasteiger charge is -2.06. The summed E-state index contributed by atoms with van der Waals surface area (Å²) in [5, 5.41) is 3.48. The third kappa shape index (κ3) is 5.41. The first kappa shape index (κ1) is 15.9. The van der Waals surface area contributed by atoms with Crippen molar-refractivity contribution in [3.05, 3.63) is 24.1 Å². The molecule has 1 heterocycles. The monoisotopic (exact) mass is 288 g/mol. The number of fused-ring (bicyclic) bond motifs is 1. The summed E-state index contributed by atoms with van der Waals surface area (Å²) in [6.45, 7) is 5.19. The Morgan fingerprint density at radius 1 is 1.00 bits per heavy atom. The highest BCUT2D eigenvalue weighted by Crippen LogP contribution is 2.19. The van der Waals surface area contributed by atoms with E-state index in [1.54, 1.807) is 0 Å². The van der Waals surface area contributed by atoms with Crippen LogP contribution in [0.4, 0.5) is 5.69 Å². The molecule has 116 valence electrons. The number of unbranched alkanes of at least 4 members (excludes halogenated alkanes) is 7. The Kier molecular flexibility index (Phi) is 6.58. The van der Waals surface area contributed by atoms with Gasteiger partial charge in [-0.05, 0) is 24.6 Å². The van der Waals surface area contributed by atoms with Crippen LogP contribution in [0, 0.1) is 6.92 Å². The highest BCUT2D eigenvalue weighted by molar-refractivity contribution is 5.77. The zero-order valence-corrected chi connectivity index (χ0v) is 13.5. The van der Waals surface area contributed by atoms with Gasteiger partial charge in [0, 0.05) is 19.2 Å². The molecule has 0 spiro atoms. The topological polar surface area (TPSA) is 38.1 Å². The molecule has 1 aromatic heterocycles. The molecular formula is C18H28N2O. The average molecular weight is 288 g/mol. The van der Waals surface area contributed by atoms with Crippen molar-refractivity contribution >= 4 is 16.8 Å². The van der Waals surface area contributed by atoms with Crippen molar-refractivity contribution in [2.75, 3.05) is 11.9 Å². The number of rotatable bonds is 10. The van der Waals surface area contributed by atoms with E-state index in [9.17, 15) is 0 Å². The molecule has 0 bridgehead atoms. The standard InChI is InChI=1S/C18H28N2O/c1-3-4-5-6-7-8-9-10-13-19-16-11-12-18-17(14-16)20-15(2)21-18/h11-12,14,19H,3-10,13H2,1-2H3. The predicted octanol–water partition coefficient (Wildman–Crippen LogP) is 5.69. The molecule has 0 saturated carbocycles. The molecule has 0 aliphatic rings. The Bertz CT molecular complexity index is 533. The van der Waals surface area contributed by atoms with Crippen LogP contribution >= 0.6 is 0 Å². The van der Waals surface area contributed by atoms with Crippen molar-refractivity contribution in [3.63, 3.8) is 0 Å². The van der Waals surface area contributed by atoms with Crippen molar-refractivity contribution in [1.29, 1.82) is 0 Å². The molecular weight excluding hydrogens is 260 g/mol. The molecule has 0 aliphatic heterocycles. The largest absolute Gasteiger partial charge is 0.441 e. The van der Waals surface area contributed by atoms with Crippen LogP contribution in [-0.4, -0.2) is 11.5 Å². The van der Waals surface area contributed by atoms with E-state index in [0.717, 1.165) is 29.2 Å². The van der Waals surface area contributed by atoms with Crippen LogP contribution in [0.3, 0.4) is 0 Å². The van der Waals surface area contributed by atoms with Crippen molar-refractivity contribution in [1.82, 2.24) is 4.98 Å². The minimum atomic E-state index is 0.727. The van der Waals surface area contributed by atoms with E-state index in [-0.39, 0.29) is 0 Å². The Morgan fingerprint density at radius 3 is 2.48 bits per heavy atom. The van der Waals surface area contributed by atoms with E-state index >= 15 is 0 Å². The molecule has 2 aromatic rings. The second kappa shape index (κ2) is 8.71. The summed E-state index contributed by atoms with van der Waals surface area (Å²) in [6, 6.07) is 6.12. The predicted molar refractivity (Wildman–Crippen MR) is 89.8 cm³/mol. The normalized spacial score (nSPS) is 11.1. The molecule has 0 radical (unpaired) electrons. The molecule has 0 fully saturated rings. The molecule has 0 saturated heterocycles. The molecule has 3 nitrogen and oxygen atoms in total. The Balaban J connectivity index is 1.59. The number of benzene rings is 1. The van der Waals surface area contributed by atoms with E-state index < -0.39 is 0 Å². The molecule has 1 N–H and O–H groups in total. The van der Waals surface area contributed by atoms with Crippen LogP contribution in [0.1, 0.15) is 64.2 Å². The first-order chi connectivity index (χ1) is 10.3. The van der Waals surface area contributed by atoms with E-state index in [1.807, 2.05) is 13.0 Å². The number of hydrogen-bond acceptors (Lipinski definition) is 3. The summed E-state index contributed by atoms with van der Waals surface area (Å²) in [7, 11) is 0. The zero-order chi connectivity index (χ0) is 14.9. The Hall–Kier alpha value is -1.51. The van der Waals surface area contributed by atoms with Gasteiger partial charge in [0.25, 0.3) is 0 Å². The van der Waals surface area contributed by atoms with Crippen molar-refractivity contribution in [2.24, 2.45) is 0 Å². The van der Waals surface area contributed by atoms with E-state index in [1.165, 1.54) is 51.4 Å². The van der Waals surface area contributed by atoms with Gasteiger partial charge in [0.15, 0.2) is 11.5 Å². The first-order valence-electron chi connectivity index (χ1n) is 8.40. The average Bonchev–Trinajstić information content (AvgIpc) is 2.85. The minimum Gasteiger partial charge on any atom is -0.441 e. The van der Waals surface area contributed by atoms with Crippen LogP contribution in [0.2, 0.25) is 0 Å². The third-order valence-electron chi connectivity index (χ3n) is 3.85. The van der Waals surface area contributed by atoms with Gasteiger partial charge in [-0.1, -0.05) is 51.9 Å². The van der Waals surface area contributed by atoms with E-state index in [0.29, 0.717) is 0 Å². The third-order valence-corrected chi connectivity index (χ3v) is 3.85. The van der Waals surface area contributed by atoms with E-state index in [2.05, 4.69) is 29.4 Å². The van der Waals surface area contributed by atoms with Gasteiger partial charge >= 0.3 is 0 Å². The maximum Gasteiger partial charge on any atom is 0.192 e. The van der Waals surface area contributed by atoms with Crippen LogP contribution in [0.25, 0.3) is 11.1 Å². The highest BCUT2D eigenvalue weighted by Gasteiger charge is 2.02. The van der Waals surface area contributed by atoms with Gasteiger partial charge in [0.2, 0.25) is 0 Å². The van der Waals surface area contributed by atoms with Gasteiger partial charge in [0.1, 0.15) is 5.52 Å². The second-order valence-corrected chi connectivity index (χ2v) is 5.82. The summed E-state index contributed by atoms with van der Waals surface area (Å²) in [4.78, 5) is 4.36. The highest BCUT2D eigenvalue weighted by atomic mass is 16.3. The van der Waals surface area contributed by atoms with Gasteiger partial charge in [-0.15, -0.1) is 0 Å². The lowest BCUT2D eigenvalue weighted by atomic mass is 10.1. The zero-order valence-electron chi connectivity index (χ0n) is 13.5. The molecule has 1 aromatic carbocycles. The summed E-state index contributed by atoms with van der Waals surface area (Å²) in [5.74, 6) is 0.727. The number of nitrogens with zero attached hydrogens (tertiary/aromatic N) is 1. The van der Waals surface area contributed by atoms with Crippen molar-refractivity contribution < 1.29 is 4.42 Å². The molecule has 3 heteroatoms. The Morgan fingerprint density at radius 2 is 1.71 bits per heavy atom. The SMILES string of the molecule is CCCCCCCCCCNc1ccc2oc(C)nc2c1. The molecule has 0 aliphatic carbocycles. The number of nitrogens with one attached hydrogen (secondary N) is 1. The molecule has 0 amide bonds. The van der Waals surface area contributed by atoms with Gasteiger partial charge in [-0.25, -0.2) is 4.98 Å². The van der Waals surface area contributed by atoms with E-state index in [4.69, 9.17) is 4.42 Å². The number of anilines is 1. The quantitative estimate of drug-likeness (QED) is 0.571. The number of aryl methyl sites for hydroxylation is 1. The van der Waals surface area contributed by atoms with Crippen molar-refractivity contribution in [3.8, 4) is 0 Å². The van der Waals surface area contributed by atoms with Crippen LogP contribution in [0.15, 0.2) is 22.6 Å². The molecule has 21 heavy (non-hydrogen) atoms. The second-order valence-electron chi connectivity index (χ2n) is 5.82.